The van der Waals surface area contributed by atoms with Crippen molar-refractivity contribution >= 4 is 26.9 Å². The summed E-state index contributed by atoms with van der Waals surface area (Å²) in [5, 5.41) is 4.33. The predicted molar refractivity (Wildman–Crippen MR) is 78.5 cm³/mol. The molecule has 6 heteroatoms. The van der Waals surface area contributed by atoms with Crippen LogP contribution in [0.1, 0.15) is 15.6 Å². The lowest BCUT2D eigenvalue weighted by atomic mass is 10.3. The molecule has 0 unspecified atom stereocenters. The van der Waals surface area contributed by atoms with Crippen LogP contribution in [0.25, 0.3) is 0 Å². The third-order valence-corrected chi connectivity index (χ3v) is 4.94. The van der Waals surface area contributed by atoms with Crippen molar-refractivity contribution in [2.24, 2.45) is 0 Å². The topological polar surface area (TPSA) is 59.1 Å². The smallest absolute Gasteiger partial charge is 0.175 e. The lowest BCUT2D eigenvalue weighted by molar-refractivity contribution is 0.602. The van der Waals surface area contributed by atoms with Gasteiger partial charge in [-0.2, -0.15) is 0 Å². The molecule has 1 aromatic carbocycles. The van der Waals surface area contributed by atoms with Crippen LogP contribution in [0, 0.1) is 13.8 Å². The highest BCUT2D eigenvalue weighted by Crippen LogP contribution is 2.19. The van der Waals surface area contributed by atoms with Gasteiger partial charge in [-0.15, -0.1) is 11.3 Å². The Morgan fingerprint density at radius 3 is 2.32 bits per heavy atom. The SMILES string of the molecule is Cc1nc(C)c(CNc2ccc(S(C)(=O)=O)cc2)s1. The van der Waals surface area contributed by atoms with Crippen molar-refractivity contribution in [3.8, 4) is 0 Å². The van der Waals surface area contributed by atoms with Gasteiger partial charge in [0.25, 0.3) is 0 Å². The van der Waals surface area contributed by atoms with Crippen LogP contribution in [0.15, 0.2) is 29.2 Å². The largest absolute Gasteiger partial charge is 0.380 e. The number of hydrogen-bond donors (Lipinski definition) is 1. The van der Waals surface area contributed by atoms with Crippen molar-refractivity contribution in [2.75, 3.05) is 11.6 Å². The van der Waals surface area contributed by atoms with Gasteiger partial charge in [0.15, 0.2) is 9.84 Å². The van der Waals surface area contributed by atoms with E-state index in [2.05, 4.69) is 10.3 Å². The molecular weight excluding hydrogens is 280 g/mol. The molecule has 0 aliphatic rings. The van der Waals surface area contributed by atoms with E-state index in [4.69, 9.17) is 0 Å². The fraction of sp³-hybridized carbons (Fsp3) is 0.308. The van der Waals surface area contributed by atoms with Crippen LogP contribution in [-0.4, -0.2) is 19.7 Å². The second kappa shape index (κ2) is 5.30. The van der Waals surface area contributed by atoms with E-state index in [1.54, 1.807) is 35.6 Å². The first-order valence-corrected chi connectivity index (χ1v) is 8.54. The van der Waals surface area contributed by atoms with E-state index < -0.39 is 9.84 Å². The molecule has 1 heterocycles. The zero-order valence-corrected chi connectivity index (χ0v) is 12.7. The number of aromatic nitrogens is 1. The lowest BCUT2D eigenvalue weighted by Gasteiger charge is -2.06. The van der Waals surface area contributed by atoms with E-state index in [1.807, 2.05) is 13.8 Å². The summed E-state index contributed by atoms with van der Waals surface area (Å²) in [4.78, 5) is 5.90. The Bertz CT molecular complexity index is 673. The number of anilines is 1. The summed E-state index contributed by atoms with van der Waals surface area (Å²) in [5.41, 5.74) is 1.95. The van der Waals surface area contributed by atoms with E-state index in [0.29, 0.717) is 11.4 Å². The van der Waals surface area contributed by atoms with Gasteiger partial charge in [-0.1, -0.05) is 0 Å². The van der Waals surface area contributed by atoms with Gasteiger partial charge in [-0.3, -0.25) is 0 Å². The number of thiazole rings is 1. The van der Waals surface area contributed by atoms with Crippen LogP contribution in [0.4, 0.5) is 5.69 Å². The van der Waals surface area contributed by atoms with Gasteiger partial charge in [-0.25, -0.2) is 13.4 Å². The lowest BCUT2D eigenvalue weighted by Crippen LogP contribution is -2.00. The molecule has 1 aromatic heterocycles. The molecule has 0 aliphatic heterocycles. The quantitative estimate of drug-likeness (QED) is 0.942. The highest BCUT2D eigenvalue weighted by atomic mass is 32.2. The maximum absolute atomic E-state index is 11.3. The highest BCUT2D eigenvalue weighted by molar-refractivity contribution is 7.90. The molecule has 0 spiro atoms. The summed E-state index contributed by atoms with van der Waals surface area (Å²) in [6.45, 7) is 4.69. The molecule has 2 aromatic rings. The molecule has 0 saturated heterocycles. The Hall–Kier alpha value is -1.40. The van der Waals surface area contributed by atoms with Gasteiger partial charge in [0.1, 0.15) is 0 Å². The predicted octanol–water partition coefficient (Wildman–Crippen LogP) is 2.78. The molecule has 0 atom stereocenters. The highest BCUT2D eigenvalue weighted by Gasteiger charge is 2.07. The van der Waals surface area contributed by atoms with Gasteiger partial charge in [0, 0.05) is 16.8 Å². The van der Waals surface area contributed by atoms with Crippen LogP contribution in [-0.2, 0) is 16.4 Å². The molecule has 102 valence electrons. The zero-order chi connectivity index (χ0) is 14.0. The number of nitrogens with zero attached hydrogens (tertiary/aromatic N) is 1. The van der Waals surface area contributed by atoms with Crippen molar-refractivity contribution in [1.82, 2.24) is 4.98 Å². The molecule has 2 rings (SSSR count). The van der Waals surface area contributed by atoms with Gasteiger partial charge >= 0.3 is 0 Å². The molecule has 0 aliphatic carbocycles. The Morgan fingerprint density at radius 1 is 1.21 bits per heavy atom. The molecule has 0 fully saturated rings. The van der Waals surface area contributed by atoms with Crippen molar-refractivity contribution in [3.63, 3.8) is 0 Å². The van der Waals surface area contributed by atoms with Crippen molar-refractivity contribution in [3.05, 3.63) is 39.8 Å². The number of sulfone groups is 1. The molecule has 0 radical (unpaired) electrons. The maximum atomic E-state index is 11.3. The average molecular weight is 296 g/mol. The molecule has 4 nitrogen and oxygen atoms in total. The fourth-order valence-electron chi connectivity index (χ4n) is 1.74. The molecule has 1 N–H and O–H groups in total. The number of rotatable bonds is 4. The summed E-state index contributed by atoms with van der Waals surface area (Å²) in [5.74, 6) is 0. The Morgan fingerprint density at radius 2 is 1.84 bits per heavy atom. The molecule has 0 saturated carbocycles. The minimum absolute atomic E-state index is 0.336. The normalized spacial score (nSPS) is 11.5. The van der Waals surface area contributed by atoms with Crippen LogP contribution in [0.2, 0.25) is 0 Å². The first kappa shape index (κ1) is 14.0. The maximum Gasteiger partial charge on any atom is 0.175 e. The van der Waals surface area contributed by atoms with Crippen molar-refractivity contribution in [1.29, 1.82) is 0 Å². The number of aryl methyl sites for hydroxylation is 2. The van der Waals surface area contributed by atoms with Crippen LogP contribution >= 0.6 is 11.3 Å². The first-order valence-electron chi connectivity index (χ1n) is 5.83. The summed E-state index contributed by atoms with van der Waals surface area (Å²) < 4.78 is 22.7. The van der Waals surface area contributed by atoms with E-state index in [1.165, 1.54) is 11.1 Å². The summed E-state index contributed by atoms with van der Waals surface area (Å²) in [6.07, 6.45) is 1.21. The monoisotopic (exact) mass is 296 g/mol. The summed E-state index contributed by atoms with van der Waals surface area (Å²) in [6, 6.07) is 6.78. The van der Waals surface area contributed by atoms with Crippen LogP contribution in [0.3, 0.4) is 0 Å². The molecule has 19 heavy (non-hydrogen) atoms. The number of benzene rings is 1. The van der Waals surface area contributed by atoms with E-state index in [9.17, 15) is 8.42 Å². The third kappa shape index (κ3) is 3.54. The van der Waals surface area contributed by atoms with E-state index >= 15 is 0 Å². The molecule has 0 amide bonds. The fourth-order valence-corrected chi connectivity index (χ4v) is 3.25. The second-order valence-corrected chi connectivity index (χ2v) is 7.70. The van der Waals surface area contributed by atoms with E-state index in [0.717, 1.165) is 16.4 Å². The minimum Gasteiger partial charge on any atom is -0.380 e. The van der Waals surface area contributed by atoms with Crippen LogP contribution < -0.4 is 5.32 Å². The van der Waals surface area contributed by atoms with Gasteiger partial charge < -0.3 is 5.32 Å². The molecular formula is C13H16N2O2S2. The number of hydrogen-bond acceptors (Lipinski definition) is 5. The minimum atomic E-state index is -3.13. The van der Waals surface area contributed by atoms with Crippen molar-refractivity contribution < 1.29 is 8.42 Å². The average Bonchev–Trinajstić information content (AvgIpc) is 2.65. The summed E-state index contributed by atoms with van der Waals surface area (Å²) >= 11 is 1.67. The zero-order valence-electron chi connectivity index (χ0n) is 11.1. The standard InChI is InChI=1S/C13H16N2O2S2/c1-9-13(18-10(2)15-9)8-14-11-4-6-12(7-5-11)19(3,16)17/h4-7,14H,8H2,1-3H3. The second-order valence-electron chi connectivity index (χ2n) is 4.39. The third-order valence-electron chi connectivity index (χ3n) is 2.74. The Balaban J connectivity index is 2.07. The van der Waals surface area contributed by atoms with Crippen LogP contribution in [0.5, 0.6) is 0 Å². The summed E-state index contributed by atoms with van der Waals surface area (Å²) in [7, 11) is -3.13. The van der Waals surface area contributed by atoms with Gasteiger partial charge in [-0.05, 0) is 38.1 Å². The molecule has 0 bridgehead atoms. The number of nitrogens with one attached hydrogen (secondary N) is 1. The first-order chi connectivity index (χ1) is 8.86. The van der Waals surface area contributed by atoms with E-state index in [-0.39, 0.29) is 0 Å². The van der Waals surface area contributed by atoms with Gasteiger partial charge in [0.2, 0.25) is 0 Å². The Kier molecular flexibility index (Phi) is 3.91. The van der Waals surface area contributed by atoms with Gasteiger partial charge in [0.05, 0.1) is 22.1 Å². The Labute approximate surface area is 117 Å². The van der Waals surface area contributed by atoms with Crippen molar-refractivity contribution in [2.45, 2.75) is 25.3 Å².